The van der Waals surface area contributed by atoms with E-state index in [2.05, 4.69) is 0 Å². The van der Waals surface area contributed by atoms with E-state index in [1.807, 2.05) is 6.92 Å². The van der Waals surface area contributed by atoms with Crippen molar-refractivity contribution in [2.45, 2.75) is 11.8 Å². The Morgan fingerprint density at radius 1 is 1.16 bits per heavy atom. The SMILES string of the molecule is Cc1cc(-n2c(-c3ccc(S(C)(=O)=O)c(F)c3)csc2=O)ccc1Cl. The van der Waals surface area contributed by atoms with Crippen LogP contribution >= 0.6 is 22.9 Å². The highest BCUT2D eigenvalue weighted by Crippen LogP contribution is 2.28. The van der Waals surface area contributed by atoms with Crippen molar-refractivity contribution in [2.75, 3.05) is 6.26 Å². The summed E-state index contributed by atoms with van der Waals surface area (Å²) in [6.07, 6.45) is 0.947. The lowest BCUT2D eigenvalue weighted by Gasteiger charge is -2.10. The first-order valence-corrected chi connectivity index (χ1v) is 10.3. The van der Waals surface area contributed by atoms with Crippen molar-refractivity contribution in [1.29, 1.82) is 0 Å². The number of thiazole rings is 1. The molecule has 0 atom stereocenters. The average Bonchev–Trinajstić information content (AvgIpc) is 2.90. The van der Waals surface area contributed by atoms with Crippen LogP contribution in [0.15, 0.2) is 51.5 Å². The number of sulfone groups is 1. The average molecular weight is 398 g/mol. The molecule has 3 aromatic rings. The molecule has 0 aliphatic rings. The largest absolute Gasteiger partial charge is 0.312 e. The van der Waals surface area contributed by atoms with E-state index in [1.165, 1.54) is 16.7 Å². The minimum absolute atomic E-state index is 0.232. The standard InChI is InChI=1S/C17H13ClFNO3S2/c1-10-7-12(4-5-13(10)18)20-15(9-24-17(20)21)11-3-6-16(14(19)8-11)25(2,22)23/h3-9H,1-2H3. The fraction of sp³-hybridized carbons (Fsp3) is 0.118. The summed E-state index contributed by atoms with van der Waals surface area (Å²) in [5.74, 6) is -0.850. The van der Waals surface area contributed by atoms with Crippen molar-refractivity contribution >= 4 is 32.8 Å². The van der Waals surface area contributed by atoms with E-state index in [0.717, 1.165) is 29.2 Å². The zero-order valence-electron chi connectivity index (χ0n) is 13.3. The third-order valence-corrected chi connectivity index (χ3v) is 6.00. The van der Waals surface area contributed by atoms with Gasteiger partial charge in [-0.25, -0.2) is 12.8 Å². The first-order chi connectivity index (χ1) is 11.7. The quantitative estimate of drug-likeness (QED) is 0.669. The van der Waals surface area contributed by atoms with E-state index in [0.29, 0.717) is 22.0 Å². The molecule has 2 aromatic carbocycles. The van der Waals surface area contributed by atoms with Gasteiger partial charge in [0.05, 0.1) is 11.4 Å². The van der Waals surface area contributed by atoms with Crippen LogP contribution in [0.3, 0.4) is 0 Å². The van der Waals surface area contributed by atoms with Gasteiger partial charge in [-0.1, -0.05) is 29.0 Å². The molecule has 1 heterocycles. The molecular weight excluding hydrogens is 385 g/mol. The molecule has 0 spiro atoms. The number of aryl methyl sites for hydroxylation is 1. The second-order valence-corrected chi connectivity index (χ2v) is 8.79. The van der Waals surface area contributed by atoms with Crippen molar-refractivity contribution < 1.29 is 12.8 Å². The van der Waals surface area contributed by atoms with Gasteiger partial charge in [0.2, 0.25) is 0 Å². The summed E-state index contributed by atoms with van der Waals surface area (Å²) in [6, 6.07) is 8.97. The Labute approximate surface area is 153 Å². The number of benzene rings is 2. The molecule has 0 saturated carbocycles. The summed E-state index contributed by atoms with van der Waals surface area (Å²) < 4.78 is 38.8. The van der Waals surface area contributed by atoms with Crippen molar-refractivity contribution in [3.8, 4) is 16.9 Å². The Bertz CT molecular complexity index is 1130. The normalized spacial score (nSPS) is 11.7. The minimum Gasteiger partial charge on any atom is -0.267 e. The molecule has 4 nitrogen and oxygen atoms in total. The lowest BCUT2D eigenvalue weighted by Crippen LogP contribution is -2.12. The fourth-order valence-electron chi connectivity index (χ4n) is 2.48. The summed E-state index contributed by atoms with van der Waals surface area (Å²) in [5, 5.41) is 2.19. The van der Waals surface area contributed by atoms with E-state index in [4.69, 9.17) is 11.6 Å². The third-order valence-electron chi connectivity index (χ3n) is 3.72. The summed E-state index contributed by atoms with van der Waals surface area (Å²) in [6.45, 7) is 1.82. The van der Waals surface area contributed by atoms with Gasteiger partial charge in [0.25, 0.3) is 0 Å². The monoisotopic (exact) mass is 397 g/mol. The Morgan fingerprint density at radius 3 is 2.48 bits per heavy atom. The summed E-state index contributed by atoms with van der Waals surface area (Å²) in [4.78, 5) is 11.7. The van der Waals surface area contributed by atoms with Gasteiger partial charge in [-0.3, -0.25) is 9.36 Å². The molecule has 0 radical (unpaired) electrons. The number of nitrogens with zero attached hydrogens (tertiary/aromatic N) is 1. The summed E-state index contributed by atoms with van der Waals surface area (Å²) >= 11 is 7.01. The van der Waals surface area contributed by atoms with Gasteiger partial charge in [-0.05, 0) is 42.8 Å². The van der Waals surface area contributed by atoms with Gasteiger partial charge in [0, 0.05) is 22.2 Å². The fourth-order valence-corrected chi connectivity index (χ4v) is 4.09. The van der Waals surface area contributed by atoms with Crippen LogP contribution in [0, 0.1) is 12.7 Å². The van der Waals surface area contributed by atoms with Gasteiger partial charge < -0.3 is 0 Å². The molecule has 0 saturated heterocycles. The molecule has 0 unspecified atom stereocenters. The first-order valence-electron chi connectivity index (χ1n) is 7.15. The first kappa shape index (κ1) is 17.8. The Kier molecular flexibility index (Phi) is 4.57. The van der Waals surface area contributed by atoms with Gasteiger partial charge in [0.15, 0.2) is 9.84 Å². The van der Waals surface area contributed by atoms with Crippen LogP contribution in [0.2, 0.25) is 5.02 Å². The highest BCUT2D eigenvalue weighted by Gasteiger charge is 2.17. The Hall–Kier alpha value is -1.96. The van der Waals surface area contributed by atoms with Crippen LogP contribution in [-0.2, 0) is 9.84 Å². The van der Waals surface area contributed by atoms with E-state index in [9.17, 15) is 17.6 Å². The lowest BCUT2D eigenvalue weighted by atomic mass is 10.1. The molecular formula is C17H13ClFNO3S2. The van der Waals surface area contributed by atoms with Gasteiger partial charge in [0.1, 0.15) is 10.7 Å². The smallest absolute Gasteiger partial charge is 0.267 e. The second-order valence-electron chi connectivity index (χ2n) is 5.57. The molecule has 0 aliphatic carbocycles. The highest BCUT2D eigenvalue weighted by atomic mass is 35.5. The molecule has 0 fully saturated rings. The maximum atomic E-state index is 14.2. The number of rotatable bonds is 3. The predicted octanol–water partition coefficient (Wildman–Crippen LogP) is 4.07. The van der Waals surface area contributed by atoms with Crippen LogP contribution in [0.4, 0.5) is 4.39 Å². The van der Waals surface area contributed by atoms with Crippen molar-refractivity contribution in [1.82, 2.24) is 4.57 Å². The lowest BCUT2D eigenvalue weighted by molar-refractivity contribution is 0.571. The second kappa shape index (κ2) is 6.40. The van der Waals surface area contributed by atoms with Crippen LogP contribution in [-0.4, -0.2) is 19.2 Å². The molecule has 130 valence electrons. The highest BCUT2D eigenvalue weighted by molar-refractivity contribution is 7.90. The van der Waals surface area contributed by atoms with E-state index in [1.54, 1.807) is 23.6 Å². The zero-order valence-corrected chi connectivity index (χ0v) is 15.7. The number of aromatic nitrogens is 1. The van der Waals surface area contributed by atoms with Crippen LogP contribution < -0.4 is 4.87 Å². The van der Waals surface area contributed by atoms with Crippen LogP contribution in [0.1, 0.15) is 5.56 Å². The van der Waals surface area contributed by atoms with Gasteiger partial charge in [-0.15, -0.1) is 0 Å². The Morgan fingerprint density at radius 2 is 1.88 bits per heavy atom. The van der Waals surface area contributed by atoms with Crippen LogP contribution in [0.25, 0.3) is 16.9 Å². The molecule has 0 N–H and O–H groups in total. The summed E-state index contributed by atoms with van der Waals surface area (Å²) in [7, 11) is -3.66. The molecule has 3 rings (SSSR count). The molecule has 8 heteroatoms. The van der Waals surface area contributed by atoms with E-state index in [-0.39, 0.29) is 9.77 Å². The Balaban J connectivity index is 2.19. The maximum Gasteiger partial charge on any atom is 0.312 e. The third kappa shape index (κ3) is 3.40. The molecule has 0 aliphatic heterocycles. The van der Waals surface area contributed by atoms with Crippen molar-refractivity contribution in [3.05, 3.63) is 67.8 Å². The molecule has 25 heavy (non-hydrogen) atoms. The minimum atomic E-state index is -3.66. The topological polar surface area (TPSA) is 56.1 Å². The van der Waals surface area contributed by atoms with Crippen molar-refractivity contribution in [3.63, 3.8) is 0 Å². The van der Waals surface area contributed by atoms with Crippen molar-refractivity contribution in [2.24, 2.45) is 0 Å². The predicted molar refractivity (Wildman–Crippen MR) is 98.2 cm³/mol. The van der Waals surface area contributed by atoms with Gasteiger partial charge in [-0.2, -0.15) is 0 Å². The zero-order chi connectivity index (χ0) is 18.4. The van der Waals surface area contributed by atoms with Crippen LogP contribution in [0.5, 0.6) is 0 Å². The van der Waals surface area contributed by atoms with E-state index < -0.39 is 15.7 Å². The molecule has 0 bridgehead atoms. The molecule has 1 aromatic heterocycles. The number of halogens is 2. The summed E-state index contributed by atoms with van der Waals surface area (Å²) in [5.41, 5.74) is 2.31. The van der Waals surface area contributed by atoms with E-state index >= 15 is 0 Å². The maximum absolute atomic E-state index is 14.2. The number of hydrogen-bond donors (Lipinski definition) is 0. The van der Waals surface area contributed by atoms with Gasteiger partial charge >= 0.3 is 4.87 Å². The molecule has 0 amide bonds. The number of hydrogen-bond acceptors (Lipinski definition) is 4.